The summed E-state index contributed by atoms with van der Waals surface area (Å²) in [6, 6.07) is 11.5. The molecular formula is C23H20F3N5O3. The Kier molecular flexibility index (Phi) is 6.10. The summed E-state index contributed by atoms with van der Waals surface area (Å²) in [5.41, 5.74) is 0.0290. The molecule has 2 aromatic carbocycles. The van der Waals surface area contributed by atoms with Gasteiger partial charge >= 0.3 is 6.18 Å². The highest BCUT2D eigenvalue weighted by Crippen LogP contribution is 2.32. The molecule has 0 fully saturated rings. The Hall–Kier alpha value is -4.15. The fraction of sp³-hybridized carbons (Fsp3) is 0.217. The highest BCUT2D eigenvalue weighted by molar-refractivity contribution is 6.04. The SMILES string of the molecule is CCc1ccc(NC(=O)[C@H]2CC(=O)Nc3nc(Nc4cccc(C(F)(F)F)c4)[nH]c(=O)c32)cc1. The number of carbonyl (C=O) groups is 2. The van der Waals surface area contributed by atoms with Gasteiger partial charge in [-0.15, -0.1) is 0 Å². The van der Waals surface area contributed by atoms with Crippen LogP contribution in [0.15, 0.2) is 53.3 Å². The molecule has 1 aliphatic heterocycles. The van der Waals surface area contributed by atoms with Crippen LogP contribution in [-0.4, -0.2) is 21.8 Å². The van der Waals surface area contributed by atoms with Gasteiger partial charge in [0.1, 0.15) is 5.82 Å². The van der Waals surface area contributed by atoms with Crippen LogP contribution >= 0.6 is 0 Å². The van der Waals surface area contributed by atoms with Crippen LogP contribution in [0, 0.1) is 0 Å². The molecule has 11 heteroatoms. The van der Waals surface area contributed by atoms with Crippen LogP contribution in [0.4, 0.5) is 36.3 Å². The van der Waals surface area contributed by atoms with Crippen molar-refractivity contribution in [2.45, 2.75) is 31.9 Å². The van der Waals surface area contributed by atoms with E-state index in [4.69, 9.17) is 0 Å². The van der Waals surface area contributed by atoms with Crippen molar-refractivity contribution in [2.24, 2.45) is 0 Å². The first-order valence-corrected chi connectivity index (χ1v) is 10.4. The van der Waals surface area contributed by atoms with Crippen LogP contribution in [0.25, 0.3) is 0 Å². The molecule has 0 saturated heterocycles. The number of anilines is 4. The summed E-state index contributed by atoms with van der Waals surface area (Å²) in [4.78, 5) is 44.5. The first-order chi connectivity index (χ1) is 16.1. The number of aromatic nitrogens is 2. The monoisotopic (exact) mass is 471 g/mol. The van der Waals surface area contributed by atoms with Crippen molar-refractivity contribution in [1.29, 1.82) is 0 Å². The third-order valence-electron chi connectivity index (χ3n) is 5.35. The van der Waals surface area contributed by atoms with E-state index in [0.29, 0.717) is 5.69 Å². The van der Waals surface area contributed by atoms with Crippen LogP contribution in [0.5, 0.6) is 0 Å². The molecule has 0 aliphatic carbocycles. The Morgan fingerprint density at radius 2 is 1.85 bits per heavy atom. The van der Waals surface area contributed by atoms with Gasteiger partial charge < -0.3 is 16.0 Å². The highest BCUT2D eigenvalue weighted by Gasteiger charge is 2.35. The molecule has 0 saturated carbocycles. The Morgan fingerprint density at radius 1 is 1.12 bits per heavy atom. The number of hydrogen-bond acceptors (Lipinski definition) is 5. The Balaban J connectivity index is 1.60. The van der Waals surface area contributed by atoms with Gasteiger partial charge in [-0.1, -0.05) is 25.1 Å². The highest BCUT2D eigenvalue weighted by atomic mass is 19.4. The summed E-state index contributed by atoms with van der Waals surface area (Å²) in [6.45, 7) is 2.00. The predicted octanol–water partition coefficient (Wildman–Crippen LogP) is 4.16. The Bertz CT molecular complexity index is 1300. The first kappa shape index (κ1) is 23.0. The van der Waals surface area contributed by atoms with Gasteiger partial charge in [0, 0.05) is 17.8 Å². The van der Waals surface area contributed by atoms with Gasteiger partial charge in [-0.05, 0) is 42.3 Å². The molecule has 1 aliphatic rings. The van der Waals surface area contributed by atoms with Crippen LogP contribution in [-0.2, 0) is 22.2 Å². The molecular weight excluding hydrogens is 451 g/mol. The molecule has 0 unspecified atom stereocenters. The van der Waals surface area contributed by atoms with E-state index in [2.05, 4.69) is 25.9 Å². The zero-order valence-corrected chi connectivity index (χ0v) is 17.9. The van der Waals surface area contributed by atoms with E-state index < -0.39 is 35.0 Å². The smallest absolute Gasteiger partial charge is 0.326 e. The number of carbonyl (C=O) groups excluding carboxylic acids is 2. The number of fused-ring (bicyclic) bond motifs is 1. The van der Waals surface area contributed by atoms with Gasteiger partial charge in [0.05, 0.1) is 17.0 Å². The van der Waals surface area contributed by atoms with E-state index in [1.165, 1.54) is 12.1 Å². The largest absolute Gasteiger partial charge is 0.416 e. The number of H-pyrrole nitrogens is 1. The number of amides is 2. The van der Waals surface area contributed by atoms with Crippen molar-refractivity contribution in [3.8, 4) is 0 Å². The second-order valence-corrected chi connectivity index (χ2v) is 7.72. The number of nitrogens with one attached hydrogen (secondary N) is 4. The summed E-state index contributed by atoms with van der Waals surface area (Å²) >= 11 is 0. The maximum atomic E-state index is 13.0. The van der Waals surface area contributed by atoms with E-state index >= 15 is 0 Å². The van der Waals surface area contributed by atoms with Gasteiger partial charge in [-0.3, -0.25) is 19.4 Å². The third-order valence-corrected chi connectivity index (χ3v) is 5.35. The van der Waals surface area contributed by atoms with Crippen LogP contribution in [0.1, 0.15) is 36.0 Å². The zero-order valence-electron chi connectivity index (χ0n) is 17.9. The maximum absolute atomic E-state index is 13.0. The van der Waals surface area contributed by atoms with E-state index in [9.17, 15) is 27.6 Å². The summed E-state index contributed by atoms with van der Waals surface area (Å²) in [7, 11) is 0. The lowest BCUT2D eigenvalue weighted by Crippen LogP contribution is -2.36. The van der Waals surface area contributed by atoms with Crippen LogP contribution in [0.2, 0.25) is 0 Å². The molecule has 34 heavy (non-hydrogen) atoms. The molecule has 0 bridgehead atoms. The van der Waals surface area contributed by atoms with Crippen molar-refractivity contribution in [1.82, 2.24) is 9.97 Å². The Morgan fingerprint density at radius 3 is 2.53 bits per heavy atom. The van der Waals surface area contributed by atoms with Gasteiger partial charge in [-0.25, -0.2) is 0 Å². The van der Waals surface area contributed by atoms with E-state index in [1.807, 2.05) is 19.1 Å². The molecule has 176 valence electrons. The van der Waals surface area contributed by atoms with E-state index in [0.717, 1.165) is 24.1 Å². The number of halogens is 3. The van der Waals surface area contributed by atoms with Gasteiger partial charge in [-0.2, -0.15) is 18.2 Å². The van der Waals surface area contributed by atoms with Crippen molar-refractivity contribution >= 4 is 35.0 Å². The molecule has 1 atom stereocenters. The number of alkyl halides is 3. The number of nitrogens with zero attached hydrogens (tertiary/aromatic N) is 1. The third kappa shape index (κ3) is 4.92. The van der Waals surface area contributed by atoms with Gasteiger partial charge in [0.25, 0.3) is 5.56 Å². The lowest BCUT2D eigenvalue weighted by Gasteiger charge is -2.23. The molecule has 4 N–H and O–H groups in total. The molecule has 0 spiro atoms. The summed E-state index contributed by atoms with van der Waals surface area (Å²) in [5.74, 6) is -2.47. The van der Waals surface area contributed by atoms with E-state index in [-0.39, 0.29) is 29.4 Å². The van der Waals surface area contributed by atoms with Crippen molar-refractivity contribution in [3.05, 3.63) is 75.6 Å². The molecule has 8 nitrogen and oxygen atoms in total. The topological polar surface area (TPSA) is 116 Å². The van der Waals surface area contributed by atoms with Gasteiger partial charge in [0.15, 0.2) is 0 Å². The van der Waals surface area contributed by atoms with Gasteiger partial charge in [0.2, 0.25) is 17.8 Å². The predicted molar refractivity (Wildman–Crippen MR) is 120 cm³/mol. The molecule has 2 heterocycles. The average molecular weight is 471 g/mol. The fourth-order valence-corrected chi connectivity index (χ4v) is 3.62. The molecule has 0 radical (unpaired) electrons. The Labute approximate surface area is 191 Å². The van der Waals surface area contributed by atoms with Crippen molar-refractivity contribution < 1.29 is 22.8 Å². The zero-order chi connectivity index (χ0) is 24.5. The maximum Gasteiger partial charge on any atom is 0.416 e. The fourth-order valence-electron chi connectivity index (χ4n) is 3.62. The number of aryl methyl sites for hydroxylation is 1. The minimum Gasteiger partial charge on any atom is -0.326 e. The molecule has 2 amide bonds. The second kappa shape index (κ2) is 9.00. The lowest BCUT2D eigenvalue weighted by atomic mass is 9.92. The molecule has 1 aromatic heterocycles. The minimum atomic E-state index is -4.54. The standard InChI is InChI=1S/C23H20F3N5O3/c1-2-12-6-8-14(9-7-12)27-20(33)16-11-17(32)29-19-18(16)21(34)31-22(30-19)28-15-5-3-4-13(10-15)23(24,25)26/h3-10,16H,2,11H2,1H3,(H,27,33)(H3,28,29,30,31,32,34)/t16-/m0/s1. The number of hydrogen-bond donors (Lipinski definition) is 4. The summed E-state index contributed by atoms with van der Waals surface area (Å²) in [6.07, 6.45) is -3.96. The number of aromatic amines is 1. The number of benzene rings is 2. The average Bonchev–Trinajstić information content (AvgIpc) is 2.78. The van der Waals surface area contributed by atoms with Crippen LogP contribution in [0.3, 0.4) is 0 Å². The van der Waals surface area contributed by atoms with Crippen LogP contribution < -0.4 is 21.5 Å². The summed E-state index contributed by atoms with van der Waals surface area (Å²) in [5, 5.41) is 7.76. The first-order valence-electron chi connectivity index (χ1n) is 10.4. The van der Waals surface area contributed by atoms with Crippen molar-refractivity contribution in [2.75, 3.05) is 16.0 Å². The number of rotatable bonds is 5. The molecule has 4 rings (SSSR count). The minimum absolute atomic E-state index is 0.0307. The summed E-state index contributed by atoms with van der Waals surface area (Å²) < 4.78 is 38.9. The quantitative estimate of drug-likeness (QED) is 0.446. The van der Waals surface area contributed by atoms with E-state index in [1.54, 1.807) is 12.1 Å². The second-order valence-electron chi connectivity index (χ2n) is 7.72. The lowest BCUT2D eigenvalue weighted by molar-refractivity contribution is -0.137. The normalized spacial score (nSPS) is 15.3. The van der Waals surface area contributed by atoms with Crippen molar-refractivity contribution in [3.63, 3.8) is 0 Å². The molecule has 3 aromatic rings.